The molecule has 11 heavy (non-hydrogen) atoms. The Balaban J connectivity index is 2.92. The van der Waals surface area contributed by atoms with Crippen LogP contribution in [0.5, 0.6) is 0 Å². The SMILES string of the molecule is CCCc1ncccc1C=O. The molecule has 0 aliphatic rings. The summed E-state index contributed by atoms with van der Waals surface area (Å²) in [5.74, 6) is 0. The maximum atomic E-state index is 10.5. The van der Waals surface area contributed by atoms with Gasteiger partial charge >= 0.3 is 0 Å². The average Bonchev–Trinajstić information content (AvgIpc) is 2.06. The molecule has 0 saturated carbocycles. The van der Waals surface area contributed by atoms with E-state index in [1.165, 1.54) is 0 Å². The van der Waals surface area contributed by atoms with Gasteiger partial charge in [-0.15, -0.1) is 0 Å². The normalized spacial score (nSPS) is 9.55. The molecule has 0 aromatic carbocycles. The number of carbonyl (C=O) groups excluding carboxylic acids is 1. The van der Waals surface area contributed by atoms with E-state index in [1.54, 1.807) is 18.3 Å². The predicted molar refractivity (Wildman–Crippen MR) is 43.6 cm³/mol. The van der Waals surface area contributed by atoms with Gasteiger partial charge in [-0.25, -0.2) is 0 Å². The van der Waals surface area contributed by atoms with Crippen LogP contribution in [0.1, 0.15) is 29.4 Å². The van der Waals surface area contributed by atoms with Crippen LogP contribution in [0.3, 0.4) is 0 Å². The van der Waals surface area contributed by atoms with E-state index in [2.05, 4.69) is 11.9 Å². The van der Waals surface area contributed by atoms with Gasteiger partial charge in [0.25, 0.3) is 0 Å². The largest absolute Gasteiger partial charge is 0.298 e. The third-order valence-electron chi connectivity index (χ3n) is 1.54. The van der Waals surface area contributed by atoms with Gasteiger partial charge in [-0.1, -0.05) is 13.3 Å². The number of aromatic nitrogens is 1. The molecule has 0 N–H and O–H groups in total. The van der Waals surface area contributed by atoms with Gasteiger partial charge in [0, 0.05) is 11.8 Å². The fraction of sp³-hybridized carbons (Fsp3) is 0.333. The first kappa shape index (κ1) is 7.92. The van der Waals surface area contributed by atoms with Gasteiger partial charge in [0.15, 0.2) is 6.29 Å². The molecule has 1 aromatic rings. The Morgan fingerprint density at radius 3 is 3.09 bits per heavy atom. The Bertz CT molecular complexity index is 245. The second-order valence-electron chi connectivity index (χ2n) is 2.41. The maximum absolute atomic E-state index is 10.5. The number of rotatable bonds is 3. The quantitative estimate of drug-likeness (QED) is 0.614. The Hall–Kier alpha value is -1.18. The van der Waals surface area contributed by atoms with Crippen molar-refractivity contribution in [3.05, 3.63) is 29.6 Å². The van der Waals surface area contributed by atoms with E-state index in [0.717, 1.165) is 24.8 Å². The van der Waals surface area contributed by atoms with Crippen LogP contribution in [0.15, 0.2) is 18.3 Å². The zero-order valence-corrected chi connectivity index (χ0v) is 6.58. The molecule has 0 radical (unpaired) electrons. The molecular weight excluding hydrogens is 138 g/mol. The van der Waals surface area contributed by atoms with Gasteiger partial charge < -0.3 is 0 Å². The number of pyridine rings is 1. The highest BCUT2D eigenvalue weighted by atomic mass is 16.1. The monoisotopic (exact) mass is 149 g/mol. The van der Waals surface area contributed by atoms with E-state index in [-0.39, 0.29) is 0 Å². The lowest BCUT2D eigenvalue weighted by atomic mass is 10.1. The lowest BCUT2D eigenvalue weighted by molar-refractivity contribution is 0.112. The van der Waals surface area contributed by atoms with E-state index in [0.29, 0.717) is 5.56 Å². The second-order valence-corrected chi connectivity index (χ2v) is 2.41. The molecule has 0 fully saturated rings. The molecule has 0 unspecified atom stereocenters. The van der Waals surface area contributed by atoms with Crippen molar-refractivity contribution in [1.82, 2.24) is 4.98 Å². The van der Waals surface area contributed by atoms with Crippen LogP contribution in [0.25, 0.3) is 0 Å². The number of hydrogen-bond acceptors (Lipinski definition) is 2. The van der Waals surface area contributed by atoms with Crippen molar-refractivity contribution in [2.75, 3.05) is 0 Å². The molecule has 0 atom stereocenters. The molecule has 0 aliphatic heterocycles. The van der Waals surface area contributed by atoms with Crippen molar-refractivity contribution in [2.45, 2.75) is 19.8 Å². The van der Waals surface area contributed by atoms with Gasteiger partial charge in [0.2, 0.25) is 0 Å². The van der Waals surface area contributed by atoms with Crippen molar-refractivity contribution < 1.29 is 4.79 Å². The highest BCUT2D eigenvalue weighted by molar-refractivity contribution is 5.76. The van der Waals surface area contributed by atoms with Crippen LogP contribution in [-0.2, 0) is 6.42 Å². The molecule has 0 spiro atoms. The molecule has 1 heterocycles. The molecule has 58 valence electrons. The molecule has 0 bridgehead atoms. The van der Waals surface area contributed by atoms with Gasteiger partial charge in [-0.2, -0.15) is 0 Å². The van der Waals surface area contributed by atoms with Crippen LogP contribution >= 0.6 is 0 Å². The Labute approximate surface area is 66.3 Å². The fourth-order valence-electron chi connectivity index (χ4n) is 1.00. The predicted octanol–water partition coefficient (Wildman–Crippen LogP) is 1.85. The number of aryl methyl sites for hydroxylation is 1. The third-order valence-corrected chi connectivity index (χ3v) is 1.54. The Morgan fingerprint density at radius 2 is 2.45 bits per heavy atom. The minimum absolute atomic E-state index is 0.717. The minimum Gasteiger partial charge on any atom is -0.298 e. The first-order valence-corrected chi connectivity index (χ1v) is 3.77. The number of nitrogens with zero attached hydrogens (tertiary/aromatic N) is 1. The number of hydrogen-bond donors (Lipinski definition) is 0. The summed E-state index contributed by atoms with van der Waals surface area (Å²) in [5, 5.41) is 0. The third kappa shape index (κ3) is 1.87. The Kier molecular flexibility index (Phi) is 2.78. The molecule has 0 amide bonds. The number of carbonyl (C=O) groups is 1. The van der Waals surface area contributed by atoms with Crippen LogP contribution < -0.4 is 0 Å². The van der Waals surface area contributed by atoms with Crippen molar-refractivity contribution in [3.63, 3.8) is 0 Å². The molecular formula is C9H11NO. The van der Waals surface area contributed by atoms with Gasteiger partial charge in [0.1, 0.15) is 0 Å². The summed E-state index contributed by atoms with van der Waals surface area (Å²) in [5.41, 5.74) is 1.62. The highest BCUT2D eigenvalue weighted by Gasteiger charge is 1.98. The van der Waals surface area contributed by atoms with E-state index < -0.39 is 0 Å². The summed E-state index contributed by atoms with van der Waals surface area (Å²) in [6.07, 6.45) is 4.49. The lowest BCUT2D eigenvalue weighted by Gasteiger charge is -1.98. The first-order chi connectivity index (χ1) is 5.38. The molecule has 2 nitrogen and oxygen atoms in total. The van der Waals surface area contributed by atoms with Crippen molar-refractivity contribution in [1.29, 1.82) is 0 Å². The maximum Gasteiger partial charge on any atom is 0.151 e. The summed E-state index contributed by atoms with van der Waals surface area (Å²) in [6, 6.07) is 3.58. The van der Waals surface area contributed by atoms with Gasteiger partial charge in [-0.05, 0) is 18.6 Å². The van der Waals surface area contributed by atoms with Gasteiger partial charge in [-0.3, -0.25) is 9.78 Å². The summed E-state index contributed by atoms with van der Waals surface area (Å²) in [7, 11) is 0. The van der Waals surface area contributed by atoms with E-state index in [1.807, 2.05) is 0 Å². The van der Waals surface area contributed by atoms with Crippen molar-refractivity contribution >= 4 is 6.29 Å². The lowest BCUT2D eigenvalue weighted by Crippen LogP contribution is -1.94. The number of aldehydes is 1. The first-order valence-electron chi connectivity index (χ1n) is 3.77. The van der Waals surface area contributed by atoms with Crippen LogP contribution in [0.2, 0.25) is 0 Å². The summed E-state index contributed by atoms with van der Waals surface area (Å²) in [4.78, 5) is 14.6. The molecule has 0 saturated heterocycles. The molecule has 0 aliphatic carbocycles. The summed E-state index contributed by atoms with van der Waals surface area (Å²) < 4.78 is 0. The zero-order chi connectivity index (χ0) is 8.10. The summed E-state index contributed by atoms with van der Waals surface area (Å²) in [6.45, 7) is 2.07. The Morgan fingerprint density at radius 1 is 1.64 bits per heavy atom. The standard InChI is InChI=1S/C9H11NO/c1-2-4-9-8(7-11)5-3-6-10-9/h3,5-7H,2,4H2,1H3. The molecule has 1 aromatic heterocycles. The topological polar surface area (TPSA) is 30.0 Å². The van der Waals surface area contributed by atoms with Crippen molar-refractivity contribution in [2.24, 2.45) is 0 Å². The van der Waals surface area contributed by atoms with E-state index in [9.17, 15) is 4.79 Å². The van der Waals surface area contributed by atoms with E-state index in [4.69, 9.17) is 0 Å². The van der Waals surface area contributed by atoms with E-state index >= 15 is 0 Å². The highest BCUT2D eigenvalue weighted by Crippen LogP contribution is 2.04. The minimum atomic E-state index is 0.717. The fourth-order valence-corrected chi connectivity index (χ4v) is 1.00. The summed E-state index contributed by atoms with van der Waals surface area (Å²) >= 11 is 0. The van der Waals surface area contributed by atoms with Crippen LogP contribution in [0.4, 0.5) is 0 Å². The molecule has 2 heteroatoms. The average molecular weight is 149 g/mol. The second kappa shape index (κ2) is 3.86. The smallest absolute Gasteiger partial charge is 0.151 e. The van der Waals surface area contributed by atoms with Gasteiger partial charge in [0.05, 0.1) is 5.69 Å². The zero-order valence-electron chi connectivity index (χ0n) is 6.58. The van der Waals surface area contributed by atoms with Crippen LogP contribution in [-0.4, -0.2) is 11.3 Å². The van der Waals surface area contributed by atoms with Crippen molar-refractivity contribution in [3.8, 4) is 0 Å². The molecule has 1 rings (SSSR count). The van der Waals surface area contributed by atoms with Crippen LogP contribution in [0, 0.1) is 0 Å².